The van der Waals surface area contributed by atoms with Crippen LogP contribution in [0, 0.1) is 5.41 Å². The first kappa shape index (κ1) is 15.9. The average molecular weight is 385 g/mol. The molecule has 5 nitrogen and oxygen atoms in total. The van der Waals surface area contributed by atoms with E-state index in [1.165, 1.54) is 0 Å². The summed E-state index contributed by atoms with van der Waals surface area (Å²) in [4.78, 5) is 4.08. The average Bonchev–Trinajstić information content (AvgIpc) is 3.05. The number of ether oxygens (including phenoxy) is 1. The molecule has 1 atom stereocenters. The molecule has 1 aliphatic heterocycles. The summed E-state index contributed by atoms with van der Waals surface area (Å²) >= 11 is 3.40. The Morgan fingerprint density at radius 2 is 2.13 bits per heavy atom. The van der Waals surface area contributed by atoms with Gasteiger partial charge in [-0.15, -0.1) is 0 Å². The van der Waals surface area contributed by atoms with Crippen molar-refractivity contribution in [2.75, 3.05) is 20.0 Å². The van der Waals surface area contributed by atoms with Gasteiger partial charge in [0.1, 0.15) is 26.0 Å². The Hall–Kier alpha value is -1.96. The molecule has 0 unspecified atom stereocenters. The number of hydrogen-bond acceptors (Lipinski definition) is 4. The van der Waals surface area contributed by atoms with Crippen LogP contribution in [-0.2, 0) is 4.74 Å². The molecule has 122 valence electrons. The highest BCUT2D eigenvalue weighted by Crippen LogP contribution is 2.40. The van der Waals surface area contributed by atoms with E-state index in [2.05, 4.69) is 26.0 Å². The van der Waals surface area contributed by atoms with Gasteiger partial charge >= 0.3 is 0 Å². The second-order valence-electron chi connectivity index (χ2n) is 5.45. The Labute approximate surface area is 140 Å². The predicted octanol–water partition coefficient (Wildman–Crippen LogP) is 2.95. The van der Waals surface area contributed by atoms with Crippen molar-refractivity contribution in [1.29, 1.82) is 0 Å². The van der Waals surface area contributed by atoms with Crippen LogP contribution in [0.4, 0.5) is 8.78 Å². The summed E-state index contributed by atoms with van der Waals surface area (Å²) in [6.45, 7) is -1.98. The summed E-state index contributed by atoms with van der Waals surface area (Å²) in [6, 6.07) is 8.32. The molecular formula is C15H15BrF2N4O. The number of hydrogen-bond donors (Lipinski definition) is 1. The molecule has 0 amide bonds. The number of alkyl halides is 2. The number of benzene rings is 1. The van der Waals surface area contributed by atoms with E-state index in [4.69, 9.17) is 10.5 Å². The van der Waals surface area contributed by atoms with E-state index in [-0.39, 0.29) is 12.6 Å². The molecule has 0 saturated carbocycles. The summed E-state index contributed by atoms with van der Waals surface area (Å²) in [5, 5.41) is 4.42. The van der Waals surface area contributed by atoms with Crippen LogP contribution in [0.15, 0.2) is 46.0 Å². The van der Waals surface area contributed by atoms with Gasteiger partial charge in [-0.25, -0.2) is 9.67 Å². The van der Waals surface area contributed by atoms with Crippen molar-refractivity contribution < 1.29 is 13.5 Å². The molecule has 0 fully saturated rings. The molecule has 0 aliphatic carbocycles. The molecule has 0 radical (unpaired) electrons. The van der Waals surface area contributed by atoms with Crippen molar-refractivity contribution in [1.82, 2.24) is 9.78 Å². The van der Waals surface area contributed by atoms with Crippen molar-refractivity contribution in [3.63, 3.8) is 0 Å². The lowest BCUT2D eigenvalue weighted by Crippen LogP contribution is -2.44. The fourth-order valence-electron chi connectivity index (χ4n) is 2.48. The van der Waals surface area contributed by atoms with Crippen molar-refractivity contribution in [2.24, 2.45) is 16.1 Å². The Bertz CT molecular complexity index is 730. The zero-order valence-corrected chi connectivity index (χ0v) is 13.7. The smallest absolute Gasteiger partial charge is 0.282 e. The highest BCUT2D eigenvalue weighted by Gasteiger charge is 2.45. The molecule has 2 aromatic rings. The minimum Gasteiger partial charge on any atom is -0.465 e. The van der Waals surface area contributed by atoms with Crippen LogP contribution in [0.1, 0.15) is 11.7 Å². The first-order valence-electron chi connectivity index (χ1n) is 6.97. The maximum atomic E-state index is 13.5. The first-order chi connectivity index (χ1) is 11.1. The monoisotopic (exact) mass is 384 g/mol. The fourth-order valence-corrected chi connectivity index (χ4v) is 2.87. The van der Waals surface area contributed by atoms with E-state index in [0.717, 1.165) is 10.2 Å². The van der Waals surface area contributed by atoms with Crippen LogP contribution in [0.2, 0.25) is 0 Å². The number of amidine groups is 1. The van der Waals surface area contributed by atoms with E-state index in [0.29, 0.717) is 5.69 Å². The molecule has 0 spiro atoms. The van der Waals surface area contributed by atoms with E-state index in [1.54, 1.807) is 16.9 Å². The number of aliphatic imine (C=N–C) groups is 1. The van der Waals surface area contributed by atoms with Gasteiger partial charge < -0.3 is 10.5 Å². The van der Waals surface area contributed by atoms with Crippen LogP contribution in [0.5, 0.6) is 0 Å². The van der Waals surface area contributed by atoms with Crippen LogP contribution < -0.4 is 5.73 Å². The molecule has 0 bridgehead atoms. The van der Waals surface area contributed by atoms with E-state index in [9.17, 15) is 8.78 Å². The summed E-state index contributed by atoms with van der Waals surface area (Å²) < 4.78 is 34.6. The van der Waals surface area contributed by atoms with Gasteiger partial charge in [0.2, 0.25) is 0 Å². The van der Waals surface area contributed by atoms with Gasteiger partial charge in [-0.3, -0.25) is 8.78 Å². The first-order valence-corrected chi connectivity index (χ1v) is 7.77. The zero-order chi connectivity index (χ0) is 16.4. The van der Waals surface area contributed by atoms with E-state index in [1.807, 2.05) is 24.3 Å². The standard InChI is InChI=1S/C15H15BrF2N4O/c16-10-2-1-3-11(6-10)22-5-4-12(21-22)13-15(7-17,8-18)9-23-14(19)20-13/h1-6,13H,7-9H2,(H2,19,20)/t13-/m0/s1. The van der Waals surface area contributed by atoms with Crippen LogP contribution in [0.25, 0.3) is 5.69 Å². The Morgan fingerprint density at radius 3 is 2.83 bits per heavy atom. The van der Waals surface area contributed by atoms with Gasteiger partial charge in [0, 0.05) is 10.7 Å². The van der Waals surface area contributed by atoms with Crippen molar-refractivity contribution in [3.8, 4) is 5.69 Å². The van der Waals surface area contributed by atoms with Gasteiger partial charge in [-0.05, 0) is 24.3 Å². The Kier molecular flexibility index (Phi) is 4.34. The molecule has 2 heterocycles. The molecule has 0 saturated heterocycles. The fraction of sp³-hybridized carbons (Fsp3) is 0.333. The number of halogens is 3. The molecule has 8 heteroatoms. The highest BCUT2D eigenvalue weighted by molar-refractivity contribution is 9.10. The third-order valence-electron chi connectivity index (χ3n) is 3.84. The normalized spacial score (nSPS) is 20.0. The molecule has 1 aromatic heterocycles. The van der Waals surface area contributed by atoms with Crippen molar-refractivity contribution in [3.05, 3.63) is 46.7 Å². The van der Waals surface area contributed by atoms with Crippen LogP contribution >= 0.6 is 15.9 Å². The van der Waals surface area contributed by atoms with Crippen molar-refractivity contribution in [2.45, 2.75) is 6.04 Å². The molecule has 1 aromatic carbocycles. The maximum absolute atomic E-state index is 13.5. The van der Waals surface area contributed by atoms with E-state index >= 15 is 0 Å². The summed E-state index contributed by atoms with van der Waals surface area (Å²) in [6.07, 6.45) is 1.72. The summed E-state index contributed by atoms with van der Waals surface area (Å²) in [7, 11) is 0. The molecule has 3 rings (SSSR count). The minimum atomic E-state index is -1.39. The summed E-state index contributed by atoms with van der Waals surface area (Å²) in [5.74, 6) is 0. The second-order valence-corrected chi connectivity index (χ2v) is 6.37. The van der Waals surface area contributed by atoms with Crippen LogP contribution in [-0.4, -0.2) is 35.8 Å². The van der Waals surface area contributed by atoms with E-state index < -0.39 is 24.8 Å². The lowest BCUT2D eigenvalue weighted by Gasteiger charge is -2.35. The molecular weight excluding hydrogens is 370 g/mol. The predicted molar refractivity (Wildman–Crippen MR) is 86.0 cm³/mol. The second kappa shape index (κ2) is 6.27. The topological polar surface area (TPSA) is 65.4 Å². The third kappa shape index (κ3) is 2.95. The quantitative estimate of drug-likeness (QED) is 0.880. The lowest BCUT2D eigenvalue weighted by molar-refractivity contribution is 0.0299. The van der Waals surface area contributed by atoms with Gasteiger partial charge in [0.25, 0.3) is 6.02 Å². The van der Waals surface area contributed by atoms with Crippen LogP contribution in [0.3, 0.4) is 0 Å². The van der Waals surface area contributed by atoms with Gasteiger partial charge in [0.05, 0.1) is 16.8 Å². The van der Waals surface area contributed by atoms with Crippen molar-refractivity contribution >= 4 is 22.0 Å². The Morgan fingerprint density at radius 1 is 1.35 bits per heavy atom. The molecule has 2 N–H and O–H groups in total. The van der Waals surface area contributed by atoms with Gasteiger partial charge in [-0.2, -0.15) is 5.10 Å². The maximum Gasteiger partial charge on any atom is 0.282 e. The largest absolute Gasteiger partial charge is 0.465 e. The zero-order valence-electron chi connectivity index (χ0n) is 12.1. The molecule has 23 heavy (non-hydrogen) atoms. The number of aromatic nitrogens is 2. The highest BCUT2D eigenvalue weighted by atomic mass is 79.9. The summed E-state index contributed by atoms with van der Waals surface area (Å²) in [5.41, 5.74) is 5.45. The minimum absolute atomic E-state index is 0.0791. The number of rotatable bonds is 4. The SMILES string of the molecule is NC1=N[C@@H](c2ccn(-c3cccc(Br)c3)n2)C(CF)(CF)CO1. The number of nitrogens with two attached hydrogens (primary N) is 1. The van der Waals surface area contributed by atoms with Gasteiger partial charge in [0.15, 0.2) is 0 Å². The molecule has 1 aliphatic rings. The Balaban J connectivity index is 1.99. The number of nitrogens with zero attached hydrogens (tertiary/aromatic N) is 3. The lowest BCUT2D eigenvalue weighted by atomic mass is 9.81. The van der Waals surface area contributed by atoms with Gasteiger partial charge in [-0.1, -0.05) is 22.0 Å². The third-order valence-corrected chi connectivity index (χ3v) is 4.33.